The standard InChI is InChI=1S/C17H26N4O3S/c1-14(2)21-8-4-6-16(17(21)22)19-9-11-20(12-10-19)25(23,24)15-5-3-7-18-13-15/h3,5,7,13-14,16H,4,6,8-12H2,1-2H3/t16-/m1/s1. The summed E-state index contributed by atoms with van der Waals surface area (Å²) >= 11 is 0. The van der Waals surface area contributed by atoms with Crippen molar-refractivity contribution in [3.05, 3.63) is 24.5 Å². The molecule has 1 atom stereocenters. The minimum atomic E-state index is -3.51. The first-order chi connectivity index (χ1) is 11.9. The molecule has 2 fully saturated rings. The van der Waals surface area contributed by atoms with Gasteiger partial charge in [0, 0.05) is 51.2 Å². The number of piperidine rings is 1. The van der Waals surface area contributed by atoms with Crippen LogP contribution in [-0.4, -0.2) is 78.2 Å². The fourth-order valence-corrected chi connectivity index (χ4v) is 5.02. The van der Waals surface area contributed by atoms with Gasteiger partial charge in [0.2, 0.25) is 15.9 Å². The van der Waals surface area contributed by atoms with Gasteiger partial charge >= 0.3 is 0 Å². The summed E-state index contributed by atoms with van der Waals surface area (Å²) < 4.78 is 26.8. The zero-order valence-corrected chi connectivity index (χ0v) is 15.7. The molecule has 0 unspecified atom stereocenters. The number of carbonyl (C=O) groups excluding carboxylic acids is 1. The molecule has 0 aromatic carbocycles. The summed E-state index contributed by atoms with van der Waals surface area (Å²) in [5, 5.41) is 0. The predicted octanol–water partition coefficient (Wildman–Crippen LogP) is 0.787. The van der Waals surface area contributed by atoms with Gasteiger partial charge in [-0.15, -0.1) is 0 Å². The largest absolute Gasteiger partial charge is 0.339 e. The van der Waals surface area contributed by atoms with Crippen molar-refractivity contribution in [1.29, 1.82) is 0 Å². The second kappa shape index (κ2) is 7.39. The van der Waals surface area contributed by atoms with Crippen LogP contribution in [0.4, 0.5) is 0 Å². The Bertz CT molecular complexity index is 700. The molecule has 2 saturated heterocycles. The van der Waals surface area contributed by atoms with E-state index in [0.717, 1.165) is 19.4 Å². The molecule has 0 spiro atoms. The third-order valence-electron chi connectivity index (χ3n) is 5.05. The number of hydrogen-bond donors (Lipinski definition) is 0. The van der Waals surface area contributed by atoms with Gasteiger partial charge in [0.15, 0.2) is 0 Å². The van der Waals surface area contributed by atoms with E-state index < -0.39 is 10.0 Å². The smallest absolute Gasteiger partial charge is 0.244 e. The van der Waals surface area contributed by atoms with E-state index in [-0.39, 0.29) is 22.9 Å². The zero-order chi connectivity index (χ0) is 18.0. The average Bonchev–Trinajstić information content (AvgIpc) is 2.62. The number of sulfonamides is 1. The maximum absolute atomic E-state index is 12.7. The van der Waals surface area contributed by atoms with Crippen molar-refractivity contribution >= 4 is 15.9 Å². The van der Waals surface area contributed by atoms with Crippen molar-refractivity contribution < 1.29 is 13.2 Å². The second-order valence-electron chi connectivity index (χ2n) is 6.91. The highest BCUT2D eigenvalue weighted by atomic mass is 32.2. The molecule has 25 heavy (non-hydrogen) atoms. The number of likely N-dealkylation sites (tertiary alicyclic amines) is 1. The van der Waals surface area contributed by atoms with Crippen molar-refractivity contribution in [2.45, 2.75) is 43.7 Å². The van der Waals surface area contributed by atoms with Gasteiger partial charge in [-0.1, -0.05) is 0 Å². The van der Waals surface area contributed by atoms with E-state index in [1.165, 1.54) is 10.5 Å². The van der Waals surface area contributed by atoms with Gasteiger partial charge in [0.1, 0.15) is 4.90 Å². The molecular formula is C17H26N4O3S. The molecule has 1 amide bonds. The maximum atomic E-state index is 12.7. The summed E-state index contributed by atoms with van der Waals surface area (Å²) in [6.45, 7) is 6.88. The van der Waals surface area contributed by atoms with Crippen LogP contribution in [0.2, 0.25) is 0 Å². The molecule has 2 aliphatic rings. The van der Waals surface area contributed by atoms with Crippen LogP contribution in [0, 0.1) is 0 Å². The minimum absolute atomic E-state index is 0.112. The first-order valence-electron chi connectivity index (χ1n) is 8.86. The summed E-state index contributed by atoms with van der Waals surface area (Å²) in [6, 6.07) is 3.30. The first kappa shape index (κ1) is 18.3. The third-order valence-corrected chi connectivity index (χ3v) is 6.94. The van der Waals surface area contributed by atoms with Crippen LogP contribution < -0.4 is 0 Å². The first-order valence-corrected chi connectivity index (χ1v) is 10.3. The average molecular weight is 366 g/mol. The monoisotopic (exact) mass is 366 g/mol. The van der Waals surface area contributed by atoms with Gasteiger partial charge in [-0.25, -0.2) is 8.42 Å². The molecule has 3 rings (SSSR count). The molecule has 0 aliphatic carbocycles. The topological polar surface area (TPSA) is 73.8 Å². The Hall–Kier alpha value is -1.51. The van der Waals surface area contributed by atoms with E-state index in [2.05, 4.69) is 9.88 Å². The molecule has 8 heteroatoms. The van der Waals surface area contributed by atoms with E-state index in [9.17, 15) is 13.2 Å². The fourth-order valence-electron chi connectivity index (χ4n) is 3.64. The molecule has 0 N–H and O–H groups in total. The summed E-state index contributed by atoms with van der Waals surface area (Å²) in [5.41, 5.74) is 0. The number of rotatable bonds is 4. The lowest BCUT2D eigenvalue weighted by atomic mass is 10.0. The van der Waals surface area contributed by atoms with Crippen LogP contribution in [0.1, 0.15) is 26.7 Å². The Labute approximate surface area is 149 Å². The van der Waals surface area contributed by atoms with Crippen LogP contribution in [-0.2, 0) is 14.8 Å². The van der Waals surface area contributed by atoms with Crippen molar-refractivity contribution in [3.63, 3.8) is 0 Å². The Morgan fingerprint density at radius 3 is 2.48 bits per heavy atom. The normalized spacial score (nSPS) is 24.0. The number of piperazine rings is 1. The summed E-state index contributed by atoms with van der Waals surface area (Å²) in [5.74, 6) is 0.185. The number of amides is 1. The maximum Gasteiger partial charge on any atom is 0.244 e. The molecule has 138 valence electrons. The highest BCUT2D eigenvalue weighted by Gasteiger charge is 2.37. The van der Waals surface area contributed by atoms with Gasteiger partial charge in [0.25, 0.3) is 0 Å². The molecule has 7 nitrogen and oxygen atoms in total. The molecule has 0 saturated carbocycles. The van der Waals surface area contributed by atoms with Crippen LogP contribution in [0.25, 0.3) is 0 Å². The van der Waals surface area contributed by atoms with Crippen LogP contribution in [0.3, 0.4) is 0 Å². The van der Waals surface area contributed by atoms with Crippen LogP contribution >= 0.6 is 0 Å². The van der Waals surface area contributed by atoms with Crippen LogP contribution in [0.5, 0.6) is 0 Å². The molecule has 3 heterocycles. The lowest BCUT2D eigenvalue weighted by Crippen LogP contribution is -2.59. The Morgan fingerprint density at radius 2 is 1.88 bits per heavy atom. The lowest BCUT2D eigenvalue weighted by molar-refractivity contribution is -0.142. The van der Waals surface area contributed by atoms with E-state index in [1.807, 2.05) is 18.7 Å². The Balaban J connectivity index is 1.65. The van der Waals surface area contributed by atoms with E-state index in [0.29, 0.717) is 26.2 Å². The second-order valence-corrected chi connectivity index (χ2v) is 8.85. The minimum Gasteiger partial charge on any atom is -0.339 e. The number of hydrogen-bond acceptors (Lipinski definition) is 5. The Morgan fingerprint density at radius 1 is 1.16 bits per heavy atom. The van der Waals surface area contributed by atoms with Gasteiger partial charge in [0.05, 0.1) is 6.04 Å². The summed E-state index contributed by atoms with van der Waals surface area (Å²) in [7, 11) is -3.51. The number of aromatic nitrogens is 1. The lowest BCUT2D eigenvalue weighted by Gasteiger charge is -2.43. The molecular weight excluding hydrogens is 340 g/mol. The number of nitrogens with zero attached hydrogens (tertiary/aromatic N) is 4. The SMILES string of the molecule is CC(C)N1CCC[C@@H](N2CCN(S(=O)(=O)c3cccnc3)CC2)C1=O. The van der Waals surface area contributed by atoms with E-state index >= 15 is 0 Å². The molecule has 0 radical (unpaired) electrons. The number of pyridine rings is 1. The predicted molar refractivity (Wildman–Crippen MR) is 94.4 cm³/mol. The zero-order valence-electron chi connectivity index (χ0n) is 14.8. The summed E-state index contributed by atoms with van der Waals surface area (Å²) in [4.78, 5) is 20.9. The van der Waals surface area contributed by atoms with Gasteiger partial charge in [-0.2, -0.15) is 4.31 Å². The summed E-state index contributed by atoms with van der Waals surface area (Å²) in [6.07, 6.45) is 4.80. The van der Waals surface area contributed by atoms with E-state index in [1.54, 1.807) is 18.3 Å². The third kappa shape index (κ3) is 3.70. The van der Waals surface area contributed by atoms with Crippen molar-refractivity contribution in [2.24, 2.45) is 0 Å². The van der Waals surface area contributed by atoms with Gasteiger partial charge < -0.3 is 4.90 Å². The van der Waals surface area contributed by atoms with Gasteiger partial charge in [-0.3, -0.25) is 14.7 Å². The molecule has 0 bridgehead atoms. The molecule has 2 aliphatic heterocycles. The highest BCUT2D eigenvalue weighted by molar-refractivity contribution is 7.89. The molecule has 1 aromatic rings. The number of carbonyl (C=O) groups is 1. The van der Waals surface area contributed by atoms with Gasteiger partial charge in [-0.05, 0) is 38.8 Å². The van der Waals surface area contributed by atoms with Crippen molar-refractivity contribution in [1.82, 2.24) is 19.1 Å². The van der Waals surface area contributed by atoms with Crippen LogP contribution in [0.15, 0.2) is 29.4 Å². The fraction of sp³-hybridized carbons (Fsp3) is 0.647. The van der Waals surface area contributed by atoms with E-state index in [4.69, 9.17) is 0 Å². The quantitative estimate of drug-likeness (QED) is 0.788. The highest BCUT2D eigenvalue weighted by Crippen LogP contribution is 2.23. The Kier molecular flexibility index (Phi) is 5.41. The molecule has 1 aromatic heterocycles. The van der Waals surface area contributed by atoms with Crippen molar-refractivity contribution in [3.8, 4) is 0 Å². The van der Waals surface area contributed by atoms with Crippen molar-refractivity contribution in [2.75, 3.05) is 32.7 Å².